The van der Waals surface area contributed by atoms with E-state index in [4.69, 9.17) is 10.5 Å². The van der Waals surface area contributed by atoms with Gasteiger partial charge in [-0.15, -0.1) is 11.3 Å². The van der Waals surface area contributed by atoms with Crippen LogP contribution in [0.3, 0.4) is 0 Å². The Morgan fingerprint density at radius 3 is 2.76 bits per heavy atom. The summed E-state index contributed by atoms with van der Waals surface area (Å²) in [5.74, 6) is -2.62. The number of thiophene rings is 1. The fraction of sp³-hybridized carbons (Fsp3) is 0.429. The van der Waals surface area contributed by atoms with Gasteiger partial charge in [-0.25, -0.2) is 13.2 Å². The first-order chi connectivity index (χ1) is 24.2. The molecule has 0 spiro atoms. The maximum Gasteiger partial charge on any atom is 0.417 e. The molecule has 9 nitrogen and oxygen atoms in total. The topological polar surface area (TPSA) is 112 Å². The Bertz CT molecular complexity index is 2130. The van der Waals surface area contributed by atoms with Crippen molar-refractivity contribution >= 4 is 49.1 Å². The summed E-state index contributed by atoms with van der Waals surface area (Å²) in [5.41, 5.74) is 1.81. The van der Waals surface area contributed by atoms with Crippen LogP contribution in [-0.2, 0) is 11.0 Å². The Hall–Kier alpha value is -4.62. The summed E-state index contributed by atoms with van der Waals surface area (Å²) in [7, 11) is 1.59. The average molecular weight is 730 g/mol. The Kier molecular flexibility index (Phi) is 8.57. The molecule has 7 rings (SSSR count). The Morgan fingerprint density at radius 1 is 1.29 bits per heavy atom. The van der Waals surface area contributed by atoms with Crippen LogP contribution in [0.1, 0.15) is 43.7 Å². The lowest BCUT2D eigenvalue weighted by molar-refractivity contribution is -0.137. The number of amides is 1. The number of fused-ring (bicyclic) bond motifs is 3. The number of halogens is 6. The van der Waals surface area contributed by atoms with Crippen molar-refractivity contribution in [2.75, 3.05) is 43.9 Å². The molecule has 3 aliphatic rings. The number of ether oxygens (including phenoxy) is 1. The summed E-state index contributed by atoms with van der Waals surface area (Å²) >= 11 is 0.674. The maximum absolute atomic E-state index is 17.1. The number of benzene rings is 2. The van der Waals surface area contributed by atoms with Gasteiger partial charge in [-0.3, -0.25) is 9.69 Å². The van der Waals surface area contributed by atoms with Crippen LogP contribution < -0.4 is 15.4 Å². The van der Waals surface area contributed by atoms with Crippen LogP contribution in [0.25, 0.3) is 32.1 Å². The van der Waals surface area contributed by atoms with E-state index in [0.29, 0.717) is 37.3 Å². The van der Waals surface area contributed by atoms with Crippen LogP contribution in [0, 0.1) is 23.0 Å². The van der Waals surface area contributed by atoms with E-state index in [-0.39, 0.29) is 68.9 Å². The van der Waals surface area contributed by atoms with Crippen molar-refractivity contribution in [2.45, 2.75) is 62.6 Å². The zero-order valence-corrected chi connectivity index (χ0v) is 28.5. The molecule has 268 valence electrons. The normalized spacial score (nSPS) is 23.6. The van der Waals surface area contributed by atoms with Crippen LogP contribution in [0.4, 0.5) is 37.2 Å². The number of alkyl halides is 4. The molecule has 5 heterocycles. The number of aromatic nitrogens is 2. The Balaban J connectivity index is 1.45. The standard InChI is InChI=1S/C35H33F6N7O2S/c1-4-25(49)48-11-8-24(17(48)2)46(3)32-20-12-22(35(39,40)41)27(19-6-7-23(37)30-26(19)21(14-42)31(43)51-30)28(38)29(20)44-33(45-32)50-16-34-9-5-10-47(34)15-18(36)13-34/h4,6-7,12,17-18,24H,1,5,8-11,13,15-16,43H2,2-3H3/t17-,18-,24-,34-/m1/s1. The number of nitrogen functional groups attached to an aromatic ring is 1. The fourth-order valence-electron chi connectivity index (χ4n) is 8.19. The van der Waals surface area contributed by atoms with E-state index in [9.17, 15) is 18.8 Å². The van der Waals surface area contributed by atoms with Crippen LogP contribution >= 0.6 is 11.3 Å². The highest BCUT2D eigenvalue weighted by Crippen LogP contribution is 2.48. The Labute approximate surface area is 292 Å². The van der Waals surface area contributed by atoms with E-state index >= 15 is 17.6 Å². The molecule has 0 radical (unpaired) electrons. The highest BCUT2D eigenvalue weighted by atomic mass is 32.1. The minimum absolute atomic E-state index is 0.0308. The van der Waals surface area contributed by atoms with Crippen LogP contribution in [0.2, 0.25) is 0 Å². The average Bonchev–Trinajstić information content (AvgIpc) is 3.83. The first kappa shape index (κ1) is 34.8. The van der Waals surface area contributed by atoms with E-state index in [2.05, 4.69) is 16.5 Å². The first-order valence-electron chi connectivity index (χ1n) is 16.4. The summed E-state index contributed by atoms with van der Waals surface area (Å²) in [6.07, 6.45) is -2.89. The molecule has 0 bridgehead atoms. The second kappa shape index (κ2) is 12.6. The molecule has 16 heteroatoms. The van der Waals surface area contributed by atoms with Gasteiger partial charge >= 0.3 is 12.2 Å². The zero-order valence-electron chi connectivity index (χ0n) is 27.7. The molecule has 2 aromatic heterocycles. The molecule has 4 atom stereocenters. The van der Waals surface area contributed by atoms with Crippen LogP contribution in [0.5, 0.6) is 6.01 Å². The number of hydrogen-bond donors (Lipinski definition) is 1. The second-order valence-electron chi connectivity index (χ2n) is 13.4. The number of carbonyl (C=O) groups excluding carboxylic acids is 1. The highest BCUT2D eigenvalue weighted by molar-refractivity contribution is 7.23. The van der Waals surface area contributed by atoms with Crippen molar-refractivity contribution in [3.63, 3.8) is 0 Å². The van der Waals surface area contributed by atoms with E-state index in [1.165, 1.54) is 6.08 Å². The van der Waals surface area contributed by atoms with Crippen molar-refractivity contribution in [1.82, 2.24) is 19.8 Å². The fourth-order valence-corrected chi connectivity index (χ4v) is 9.14. The number of nitrogens with two attached hydrogens (primary N) is 1. The molecule has 51 heavy (non-hydrogen) atoms. The van der Waals surface area contributed by atoms with Gasteiger partial charge in [-0.2, -0.15) is 28.4 Å². The summed E-state index contributed by atoms with van der Waals surface area (Å²) in [5, 5.41) is 9.17. The number of anilines is 2. The van der Waals surface area contributed by atoms with Crippen molar-refractivity contribution in [1.29, 1.82) is 5.26 Å². The third-order valence-electron chi connectivity index (χ3n) is 10.6. The third-order valence-corrected chi connectivity index (χ3v) is 11.7. The molecule has 4 aromatic rings. The smallest absolute Gasteiger partial charge is 0.417 e. The van der Waals surface area contributed by atoms with Crippen molar-refractivity contribution in [3.8, 4) is 23.2 Å². The molecule has 0 aliphatic carbocycles. The van der Waals surface area contributed by atoms with E-state index < -0.39 is 58.2 Å². The summed E-state index contributed by atoms with van der Waals surface area (Å²) in [4.78, 5) is 26.6. The van der Waals surface area contributed by atoms with Crippen LogP contribution in [-0.4, -0.2) is 82.8 Å². The lowest BCUT2D eigenvalue weighted by Crippen LogP contribution is -2.44. The molecule has 0 unspecified atom stereocenters. The third kappa shape index (κ3) is 5.61. The van der Waals surface area contributed by atoms with Gasteiger partial charge in [0.1, 0.15) is 41.0 Å². The molecule has 2 N–H and O–H groups in total. The molecule has 3 fully saturated rings. The van der Waals surface area contributed by atoms with Crippen molar-refractivity contribution in [3.05, 3.63) is 53.6 Å². The number of likely N-dealkylation sites (N-methyl/N-ethyl adjacent to an activating group) is 1. The minimum Gasteiger partial charge on any atom is -0.461 e. The molecule has 2 aromatic carbocycles. The predicted molar refractivity (Wildman–Crippen MR) is 181 cm³/mol. The number of hydrogen-bond acceptors (Lipinski definition) is 9. The monoisotopic (exact) mass is 729 g/mol. The van der Waals surface area contributed by atoms with Gasteiger partial charge in [0.05, 0.1) is 27.4 Å². The summed E-state index contributed by atoms with van der Waals surface area (Å²) < 4.78 is 97.6. The molecular formula is C35H33F6N7O2S. The molecular weight excluding hydrogens is 696 g/mol. The summed E-state index contributed by atoms with van der Waals surface area (Å²) in [6.45, 7) is 6.57. The summed E-state index contributed by atoms with van der Waals surface area (Å²) in [6, 6.07) is 3.24. The number of nitrogens with zero attached hydrogens (tertiary/aromatic N) is 6. The molecule has 0 saturated carbocycles. The zero-order chi connectivity index (χ0) is 36.6. The maximum atomic E-state index is 17.1. The number of likely N-dealkylation sites (tertiary alicyclic amines) is 1. The van der Waals surface area contributed by atoms with Crippen molar-refractivity contribution < 1.29 is 35.9 Å². The highest BCUT2D eigenvalue weighted by Gasteiger charge is 2.49. The van der Waals surface area contributed by atoms with Gasteiger partial charge in [0.15, 0.2) is 5.82 Å². The Morgan fingerprint density at radius 2 is 2.06 bits per heavy atom. The molecule has 3 saturated heterocycles. The lowest BCUT2D eigenvalue weighted by atomic mass is 9.92. The van der Waals surface area contributed by atoms with E-state index in [0.717, 1.165) is 24.6 Å². The lowest BCUT2D eigenvalue weighted by Gasteiger charge is -2.33. The second-order valence-corrected chi connectivity index (χ2v) is 14.4. The molecule has 3 aliphatic heterocycles. The number of nitriles is 1. The van der Waals surface area contributed by atoms with Gasteiger partial charge in [0.25, 0.3) is 0 Å². The van der Waals surface area contributed by atoms with Crippen molar-refractivity contribution in [2.24, 2.45) is 0 Å². The van der Waals surface area contributed by atoms with Gasteiger partial charge in [-0.05, 0) is 56.5 Å². The SMILES string of the molecule is C=CC(=O)N1CC[C@@H](N(C)c2nc(OC[C@]34CCCN3C[C@H](F)C4)nc3c(F)c(-c4ccc(F)c5sc(N)c(C#N)c45)c(C(F)(F)F)cc23)[C@H]1C. The largest absolute Gasteiger partial charge is 0.461 e. The number of rotatable bonds is 7. The van der Waals surface area contributed by atoms with Crippen LogP contribution in [0.15, 0.2) is 30.9 Å². The van der Waals surface area contributed by atoms with E-state index in [1.54, 1.807) is 23.8 Å². The minimum atomic E-state index is -5.13. The van der Waals surface area contributed by atoms with Gasteiger partial charge in [0, 0.05) is 48.9 Å². The first-order valence-corrected chi connectivity index (χ1v) is 17.2. The predicted octanol–water partition coefficient (Wildman–Crippen LogP) is 6.83. The quantitative estimate of drug-likeness (QED) is 0.163. The van der Waals surface area contributed by atoms with Gasteiger partial charge in [0.2, 0.25) is 5.91 Å². The molecule has 1 amide bonds. The van der Waals surface area contributed by atoms with E-state index in [1.807, 2.05) is 11.0 Å². The van der Waals surface area contributed by atoms with Gasteiger partial charge < -0.3 is 20.3 Å². The number of carbonyl (C=O) groups is 1. The van der Waals surface area contributed by atoms with Gasteiger partial charge in [-0.1, -0.05) is 12.6 Å².